The van der Waals surface area contributed by atoms with E-state index < -0.39 is 0 Å². The first-order valence-corrected chi connectivity index (χ1v) is 6.86. The smallest absolute Gasteiger partial charge is 0.236 e. The van der Waals surface area contributed by atoms with Gasteiger partial charge in [0, 0.05) is 19.5 Å². The highest BCUT2D eigenvalue weighted by Gasteiger charge is 2.43. The molecule has 6 heteroatoms. The summed E-state index contributed by atoms with van der Waals surface area (Å²) in [6.07, 6.45) is 2.68. The summed E-state index contributed by atoms with van der Waals surface area (Å²) in [5.41, 5.74) is 5.61. The first-order valence-electron chi connectivity index (χ1n) is 6.86. The van der Waals surface area contributed by atoms with Gasteiger partial charge >= 0.3 is 0 Å². The number of nitrogens with two attached hydrogens (primary N) is 1. The Morgan fingerprint density at radius 3 is 2.53 bits per heavy atom. The van der Waals surface area contributed by atoms with Crippen LogP contribution in [-0.2, 0) is 4.79 Å². The largest absolute Gasteiger partial charge is 0.409 e. The van der Waals surface area contributed by atoms with Crippen molar-refractivity contribution < 1.29 is 10.0 Å². The molecule has 0 saturated heterocycles. The van der Waals surface area contributed by atoms with Crippen LogP contribution in [0.25, 0.3) is 0 Å². The molecule has 0 radical (unpaired) electrons. The fraction of sp³-hybridized carbons (Fsp3) is 0.846. The molecule has 1 amide bonds. The molecule has 1 atom stereocenters. The zero-order valence-corrected chi connectivity index (χ0v) is 12.1. The number of hydrogen-bond donors (Lipinski definition) is 4. The molecule has 0 bridgehead atoms. The molecule has 5 N–H and O–H groups in total. The molecule has 19 heavy (non-hydrogen) atoms. The normalized spacial score (nSPS) is 19.3. The van der Waals surface area contributed by atoms with Crippen molar-refractivity contribution in [1.82, 2.24) is 10.6 Å². The topological polar surface area (TPSA) is 99.7 Å². The van der Waals surface area contributed by atoms with Gasteiger partial charge in [-0.3, -0.25) is 4.79 Å². The molecule has 6 nitrogen and oxygen atoms in total. The summed E-state index contributed by atoms with van der Waals surface area (Å²) in [5, 5.41) is 17.7. The second kappa shape index (κ2) is 6.75. The minimum Gasteiger partial charge on any atom is -0.409 e. The number of carbonyl (C=O) groups is 1. The van der Waals surface area contributed by atoms with Gasteiger partial charge in [-0.25, -0.2) is 0 Å². The number of hydrogen-bond acceptors (Lipinski definition) is 4. The Bertz CT molecular complexity index is 338. The lowest BCUT2D eigenvalue weighted by Gasteiger charge is -2.19. The second-order valence-electron chi connectivity index (χ2n) is 6.01. The molecule has 0 aliphatic heterocycles. The van der Waals surface area contributed by atoms with Gasteiger partial charge in [0.1, 0.15) is 5.84 Å². The van der Waals surface area contributed by atoms with Crippen LogP contribution in [0.3, 0.4) is 0 Å². The summed E-state index contributed by atoms with van der Waals surface area (Å²) in [6, 6.07) is -0.219. The number of rotatable bonds is 8. The molecular weight excluding hydrogens is 244 g/mol. The first-order chi connectivity index (χ1) is 8.88. The Balaban J connectivity index is 2.30. The highest BCUT2D eigenvalue weighted by atomic mass is 16.4. The van der Waals surface area contributed by atoms with Crippen molar-refractivity contribution in [3.05, 3.63) is 0 Å². The van der Waals surface area contributed by atoms with Gasteiger partial charge in [-0.05, 0) is 31.1 Å². The number of amidine groups is 1. The van der Waals surface area contributed by atoms with Crippen molar-refractivity contribution in [3.63, 3.8) is 0 Å². The highest BCUT2D eigenvalue weighted by Crippen LogP contribution is 2.48. The van der Waals surface area contributed by atoms with Crippen LogP contribution in [0.1, 0.15) is 40.0 Å². The molecule has 1 aliphatic rings. The minimum absolute atomic E-state index is 0.0216. The van der Waals surface area contributed by atoms with Crippen LogP contribution in [0.5, 0.6) is 0 Å². The average Bonchev–Trinajstić information content (AvgIpc) is 3.12. The van der Waals surface area contributed by atoms with E-state index in [1.807, 2.05) is 6.92 Å². The maximum atomic E-state index is 11.8. The van der Waals surface area contributed by atoms with E-state index in [0.29, 0.717) is 18.9 Å². The van der Waals surface area contributed by atoms with Gasteiger partial charge in [0.05, 0.1) is 6.04 Å². The Labute approximate surface area is 114 Å². The highest BCUT2D eigenvalue weighted by molar-refractivity contribution is 5.81. The van der Waals surface area contributed by atoms with Gasteiger partial charge in [-0.15, -0.1) is 0 Å². The molecule has 0 aromatic rings. The molecule has 1 aliphatic carbocycles. The van der Waals surface area contributed by atoms with E-state index in [1.54, 1.807) is 0 Å². The van der Waals surface area contributed by atoms with Crippen LogP contribution in [0.15, 0.2) is 5.16 Å². The lowest BCUT2D eigenvalue weighted by Crippen LogP contribution is -2.45. The van der Waals surface area contributed by atoms with E-state index in [2.05, 4.69) is 29.6 Å². The third-order valence-electron chi connectivity index (χ3n) is 3.50. The summed E-state index contributed by atoms with van der Waals surface area (Å²) in [5.74, 6) is 0.732. The van der Waals surface area contributed by atoms with Crippen LogP contribution in [-0.4, -0.2) is 36.1 Å². The molecule has 0 aromatic carbocycles. The van der Waals surface area contributed by atoms with Crippen molar-refractivity contribution in [1.29, 1.82) is 0 Å². The number of carbonyl (C=O) groups excluding carboxylic acids is 1. The van der Waals surface area contributed by atoms with Crippen molar-refractivity contribution in [2.24, 2.45) is 22.2 Å². The van der Waals surface area contributed by atoms with Gasteiger partial charge in [-0.2, -0.15) is 0 Å². The van der Waals surface area contributed by atoms with E-state index in [1.165, 1.54) is 0 Å². The minimum atomic E-state index is -0.219. The second-order valence-corrected chi connectivity index (χ2v) is 6.01. The summed E-state index contributed by atoms with van der Waals surface area (Å²) >= 11 is 0. The quantitative estimate of drug-likeness (QED) is 0.225. The summed E-state index contributed by atoms with van der Waals surface area (Å²) in [6.45, 7) is 7.40. The van der Waals surface area contributed by atoms with Crippen molar-refractivity contribution in [2.75, 3.05) is 13.1 Å². The van der Waals surface area contributed by atoms with Gasteiger partial charge in [0.25, 0.3) is 0 Å². The average molecular weight is 270 g/mol. The Morgan fingerprint density at radius 1 is 1.42 bits per heavy atom. The molecule has 1 unspecified atom stereocenters. The Morgan fingerprint density at radius 2 is 2.05 bits per heavy atom. The Hall–Kier alpha value is -1.30. The van der Waals surface area contributed by atoms with Gasteiger partial charge in [0.2, 0.25) is 5.91 Å². The fourth-order valence-electron chi connectivity index (χ4n) is 1.93. The maximum absolute atomic E-state index is 11.8. The summed E-state index contributed by atoms with van der Waals surface area (Å²) < 4.78 is 0. The van der Waals surface area contributed by atoms with Crippen LogP contribution in [0.4, 0.5) is 0 Å². The molecule has 0 spiro atoms. The van der Waals surface area contributed by atoms with E-state index in [-0.39, 0.29) is 23.2 Å². The molecule has 1 fully saturated rings. The third-order valence-corrected chi connectivity index (χ3v) is 3.50. The number of oxime groups is 1. The molecule has 0 aromatic heterocycles. The molecule has 1 rings (SSSR count). The molecular formula is C13H26N4O2. The lowest BCUT2D eigenvalue weighted by molar-refractivity contribution is -0.122. The maximum Gasteiger partial charge on any atom is 0.236 e. The molecule has 0 heterocycles. The van der Waals surface area contributed by atoms with Crippen LogP contribution in [0.2, 0.25) is 0 Å². The van der Waals surface area contributed by atoms with Crippen LogP contribution < -0.4 is 16.4 Å². The van der Waals surface area contributed by atoms with E-state index in [0.717, 1.165) is 19.4 Å². The van der Waals surface area contributed by atoms with Crippen molar-refractivity contribution in [2.45, 2.75) is 46.1 Å². The van der Waals surface area contributed by atoms with E-state index in [9.17, 15) is 4.79 Å². The van der Waals surface area contributed by atoms with E-state index in [4.69, 9.17) is 10.9 Å². The predicted molar refractivity (Wildman–Crippen MR) is 75.0 cm³/mol. The standard InChI is InChI=1S/C13H26N4O2/c1-9(2)7-15-12(18)10(3)16-8-13(4-5-13)6-11(14)17-19/h9-10,16,19H,4-8H2,1-3H3,(H2,14,17)(H,15,18). The number of nitrogens with one attached hydrogen (secondary N) is 2. The zero-order chi connectivity index (χ0) is 14.5. The summed E-state index contributed by atoms with van der Waals surface area (Å²) in [4.78, 5) is 11.8. The monoisotopic (exact) mass is 270 g/mol. The fourth-order valence-corrected chi connectivity index (χ4v) is 1.93. The predicted octanol–water partition coefficient (Wildman–Crippen LogP) is 0.653. The van der Waals surface area contributed by atoms with E-state index >= 15 is 0 Å². The number of nitrogens with zero attached hydrogens (tertiary/aromatic N) is 1. The van der Waals surface area contributed by atoms with Crippen molar-refractivity contribution >= 4 is 11.7 Å². The SMILES string of the molecule is CC(C)CNC(=O)C(C)NCC1(CC(N)=NO)CC1. The molecule has 110 valence electrons. The van der Waals surface area contributed by atoms with Gasteiger partial charge < -0.3 is 21.6 Å². The number of amides is 1. The van der Waals surface area contributed by atoms with Gasteiger partial charge in [0.15, 0.2) is 0 Å². The zero-order valence-electron chi connectivity index (χ0n) is 12.1. The van der Waals surface area contributed by atoms with Gasteiger partial charge in [-0.1, -0.05) is 19.0 Å². The Kier molecular flexibility index (Phi) is 5.60. The third kappa shape index (κ3) is 5.46. The van der Waals surface area contributed by atoms with Crippen LogP contribution >= 0.6 is 0 Å². The van der Waals surface area contributed by atoms with Crippen molar-refractivity contribution in [3.8, 4) is 0 Å². The van der Waals surface area contributed by atoms with Crippen LogP contribution in [0, 0.1) is 11.3 Å². The summed E-state index contributed by atoms with van der Waals surface area (Å²) in [7, 11) is 0. The first kappa shape index (κ1) is 15.8. The lowest BCUT2D eigenvalue weighted by atomic mass is 10.0. The molecule has 1 saturated carbocycles.